The Morgan fingerprint density at radius 1 is 1.23 bits per heavy atom. The molecule has 1 fully saturated rings. The van der Waals surface area contributed by atoms with E-state index in [0.717, 1.165) is 16.8 Å². The van der Waals surface area contributed by atoms with Crippen LogP contribution < -0.4 is 15.6 Å². The van der Waals surface area contributed by atoms with E-state index in [1.807, 2.05) is 0 Å². The molecule has 202 valence electrons. The van der Waals surface area contributed by atoms with Crippen LogP contribution in [0.15, 0.2) is 48.0 Å². The number of halogens is 4. The zero-order valence-electron chi connectivity index (χ0n) is 20.3. The van der Waals surface area contributed by atoms with Crippen LogP contribution >= 0.6 is 11.6 Å². The Balaban J connectivity index is 1.38. The van der Waals surface area contributed by atoms with Crippen LogP contribution in [0.3, 0.4) is 0 Å². The van der Waals surface area contributed by atoms with Gasteiger partial charge in [-0.2, -0.15) is 23.3 Å². The third kappa shape index (κ3) is 4.55. The Morgan fingerprint density at radius 2 is 2.08 bits per heavy atom. The second-order valence-corrected chi connectivity index (χ2v) is 9.35. The number of anilines is 2. The molecule has 1 N–H and O–H groups in total. The van der Waals surface area contributed by atoms with Crippen molar-refractivity contribution in [2.75, 3.05) is 18.5 Å². The molecule has 1 aliphatic rings. The summed E-state index contributed by atoms with van der Waals surface area (Å²) < 4.78 is 56.7. The normalized spacial score (nSPS) is 16.2. The fourth-order valence-corrected chi connectivity index (χ4v) is 4.79. The highest BCUT2D eigenvalue weighted by molar-refractivity contribution is 6.36. The second-order valence-electron chi connectivity index (χ2n) is 8.97. The molecule has 11 nitrogen and oxygen atoms in total. The molecular formula is C24H20ClF3N8O3. The first-order chi connectivity index (χ1) is 18.7. The molecule has 1 atom stereocenters. The molecule has 5 aromatic heterocycles. The van der Waals surface area contributed by atoms with Crippen LogP contribution in [0.2, 0.25) is 5.02 Å². The van der Waals surface area contributed by atoms with E-state index in [2.05, 4.69) is 25.4 Å². The van der Waals surface area contributed by atoms with Gasteiger partial charge in [-0.3, -0.25) is 9.78 Å². The average Bonchev–Trinajstić information content (AvgIpc) is 3.47. The molecule has 0 spiro atoms. The SMILES string of the molecule is Cn1c(Nc2cc(C(F)(F)F)cn([C@@H]3CCCOC3)c2=O)nc2ncc(Oc3cnn4ccncc34)c(Cl)c21. The Labute approximate surface area is 222 Å². The largest absolute Gasteiger partial charge is 0.450 e. The van der Waals surface area contributed by atoms with Crippen molar-refractivity contribution in [1.29, 1.82) is 0 Å². The third-order valence-corrected chi connectivity index (χ3v) is 6.83. The number of hydrogen-bond donors (Lipinski definition) is 1. The average molecular weight is 561 g/mol. The lowest BCUT2D eigenvalue weighted by Gasteiger charge is -2.25. The summed E-state index contributed by atoms with van der Waals surface area (Å²) in [6.45, 7) is 0.654. The molecule has 1 aliphatic heterocycles. The standard InChI is InChI=1S/C24H20ClF3N8O3/c1-34-20-19(25)18(39-17-10-31-36-5-4-29-8-16(17)36)9-30-21(20)33-23(34)32-15-7-13(24(26,27)28)11-35(22(15)37)14-3-2-6-38-12-14/h4-5,7-11,14H,2-3,6,12H2,1H3,(H,30,32,33)/t14-/m1/s1. The monoisotopic (exact) mass is 560 g/mol. The minimum atomic E-state index is -4.67. The van der Waals surface area contributed by atoms with Crippen LogP contribution in [0.5, 0.6) is 11.5 Å². The van der Waals surface area contributed by atoms with Crippen LogP contribution in [0.4, 0.5) is 24.8 Å². The minimum Gasteiger partial charge on any atom is -0.450 e. The van der Waals surface area contributed by atoms with E-state index in [1.165, 1.54) is 17.0 Å². The molecule has 0 radical (unpaired) electrons. The lowest BCUT2D eigenvalue weighted by molar-refractivity contribution is -0.138. The van der Waals surface area contributed by atoms with Gasteiger partial charge in [0.2, 0.25) is 5.95 Å². The minimum absolute atomic E-state index is 0.0691. The van der Waals surface area contributed by atoms with Gasteiger partial charge in [-0.15, -0.1) is 0 Å². The van der Waals surface area contributed by atoms with E-state index in [0.29, 0.717) is 36.2 Å². The summed E-state index contributed by atoms with van der Waals surface area (Å²) in [4.78, 5) is 26.0. The summed E-state index contributed by atoms with van der Waals surface area (Å²) in [7, 11) is 1.59. The number of nitrogens with zero attached hydrogens (tertiary/aromatic N) is 7. The van der Waals surface area contributed by atoms with Crippen molar-refractivity contribution in [2.24, 2.45) is 7.05 Å². The highest BCUT2D eigenvalue weighted by Crippen LogP contribution is 2.37. The molecule has 0 aromatic carbocycles. The topological polar surface area (TPSA) is 113 Å². The number of pyridine rings is 2. The summed E-state index contributed by atoms with van der Waals surface area (Å²) >= 11 is 6.65. The first-order valence-electron chi connectivity index (χ1n) is 11.8. The number of nitrogens with one attached hydrogen (secondary N) is 1. The Kier molecular flexibility index (Phi) is 6.14. The summed E-state index contributed by atoms with van der Waals surface area (Å²) in [6.07, 6.45) is 5.03. The predicted molar refractivity (Wildman–Crippen MR) is 135 cm³/mol. The molecule has 6 rings (SSSR count). The fraction of sp³-hybridized carbons (Fsp3) is 0.292. The summed E-state index contributed by atoms with van der Waals surface area (Å²) in [5, 5.41) is 7.10. The Bertz CT molecular complexity index is 1760. The van der Waals surface area contributed by atoms with E-state index in [4.69, 9.17) is 21.1 Å². The molecule has 0 bridgehead atoms. The van der Waals surface area contributed by atoms with Crippen LogP contribution in [-0.4, -0.2) is 46.9 Å². The number of aromatic nitrogens is 7. The van der Waals surface area contributed by atoms with Gasteiger partial charge in [-0.05, 0) is 18.9 Å². The van der Waals surface area contributed by atoms with Gasteiger partial charge in [0.25, 0.3) is 5.56 Å². The third-order valence-electron chi connectivity index (χ3n) is 6.46. The number of fused-ring (bicyclic) bond motifs is 2. The molecule has 5 aromatic rings. The van der Waals surface area contributed by atoms with Gasteiger partial charge < -0.3 is 23.9 Å². The van der Waals surface area contributed by atoms with E-state index in [1.54, 1.807) is 30.2 Å². The van der Waals surface area contributed by atoms with Gasteiger partial charge in [0, 0.05) is 32.2 Å². The second kappa shape index (κ2) is 9.54. The number of hydrogen-bond acceptors (Lipinski definition) is 8. The smallest absolute Gasteiger partial charge is 0.417 e. The molecule has 6 heterocycles. The van der Waals surface area contributed by atoms with Crippen molar-refractivity contribution in [1.82, 2.24) is 33.7 Å². The maximum atomic E-state index is 13.7. The Morgan fingerprint density at radius 3 is 2.85 bits per heavy atom. The van der Waals surface area contributed by atoms with E-state index in [9.17, 15) is 18.0 Å². The summed E-state index contributed by atoms with van der Waals surface area (Å²) in [5.74, 6) is 0.665. The molecule has 0 unspecified atom stereocenters. The summed E-state index contributed by atoms with van der Waals surface area (Å²) in [6, 6.07) is 0.255. The van der Waals surface area contributed by atoms with Crippen molar-refractivity contribution in [3.8, 4) is 11.5 Å². The van der Waals surface area contributed by atoms with Crippen LogP contribution in [0, 0.1) is 0 Å². The van der Waals surface area contributed by atoms with Crippen LogP contribution in [0.25, 0.3) is 16.7 Å². The maximum Gasteiger partial charge on any atom is 0.417 e. The van der Waals surface area contributed by atoms with Crippen molar-refractivity contribution < 1.29 is 22.6 Å². The highest BCUT2D eigenvalue weighted by atomic mass is 35.5. The predicted octanol–water partition coefficient (Wildman–Crippen LogP) is 4.73. The highest BCUT2D eigenvalue weighted by Gasteiger charge is 2.33. The number of imidazole rings is 1. The first-order valence-corrected chi connectivity index (χ1v) is 12.2. The van der Waals surface area contributed by atoms with Gasteiger partial charge >= 0.3 is 6.18 Å². The zero-order valence-corrected chi connectivity index (χ0v) is 21.1. The molecule has 0 amide bonds. The van der Waals surface area contributed by atoms with Gasteiger partial charge in [-0.25, -0.2) is 9.50 Å². The molecule has 0 saturated carbocycles. The molecule has 1 saturated heterocycles. The van der Waals surface area contributed by atoms with Crippen molar-refractivity contribution in [3.63, 3.8) is 0 Å². The van der Waals surface area contributed by atoms with Gasteiger partial charge in [0.05, 0.1) is 36.8 Å². The van der Waals surface area contributed by atoms with E-state index >= 15 is 0 Å². The number of ether oxygens (including phenoxy) is 2. The van der Waals surface area contributed by atoms with Gasteiger partial charge in [0.1, 0.15) is 21.7 Å². The maximum absolute atomic E-state index is 13.7. The molecule has 0 aliphatic carbocycles. The molecular weight excluding hydrogens is 541 g/mol. The lowest BCUT2D eigenvalue weighted by Crippen LogP contribution is -2.32. The quantitative estimate of drug-likeness (QED) is 0.328. The van der Waals surface area contributed by atoms with Crippen LogP contribution in [-0.2, 0) is 18.0 Å². The van der Waals surface area contributed by atoms with Crippen molar-refractivity contribution in [2.45, 2.75) is 25.1 Å². The van der Waals surface area contributed by atoms with Gasteiger partial charge in [-0.1, -0.05) is 11.6 Å². The van der Waals surface area contributed by atoms with E-state index in [-0.39, 0.29) is 34.7 Å². The Hall–Kier alpha value is -4.17. The first kappa shape index (κ1) is 25.1. The summed E-state index contributed by atoms with van der Waals surface area (Å²) in [5.41, 5.74) is -0.740. The fourth-order valence-electron chi connectivity index (χ4n) is 4.49. The van der Waals surface area contributed by atoms with Crippen molar-refractivity contribution >= 4 is 39.9 Å². The molecule has 15 heteroatoms. The number of aryl methyl sites for hydroxylation is 1. The van der Waals surface area contributed by atoms with E-state index < -0.39 is 23.3 Å². The zero-order chi connectivity index (χ0) is 27.3. The lowest BCUT2D eigenvalue weighted by atomic mass is 10.1. The number of alkyl halides is 3. The molecule has 39 heavy (non-hydrogen) atoms. The number of rotatable bonds is 5. The van der Waals surface area contributed by atoms with Gasteiger partial charge in [0.15, 0.2) is 17.1 Å². The van der Waals surface area contributed by atoms with Crippen LogP contribution in [0.1, 0.15) is 24.4 Å². The van der Waals surface area contributed by atoms with Crippen molar-refractivity contribution in [3.05, 3.63) is 64.2 Å².